The quantitative estimate of drug-likeness (QED) is 0.524. The lowest BCUT2D eigenvalue weighted by molar-refractivity contribution is -0.118. The average molecular weight is 438 g/mol. The second-order valence-corrected chi connectivity index (χ2v) is 9.03. The molecule has 4 rings (SSSR count). The number of fused-ring (bicyclic) bond motifs is 1. The molecule has 1 atom stereocenters. The highest BCUT2D eigenvalue weighted by Crippen LogP contribution is 2.49. The number of carbonyl (C=O) groups excluding carboxylic acids is 2. The zero-order chi connectivity index (χ0) is 22.3. The molecule has 31 heavy (non-hydrogen) atoms. The van der Waals surface area contributed by atoms with Crippen LogP contribution >= 0.6 is 11.6 Å². The minimum Gasteiger partial charge on any atom is -0.462 e. The van der Waals surface area contributed by atoms with Gasteiger partial charge in [0.15, 0.2) is 5.78 Å². The number of ether oxygens (including phenoxy) is 1. The Hall–Kier alpha value is -3.04. The highest BCUT2D eigenvalue weighted by atomic mass is 35.5. The van der Waals surface area contributed by atoms with Crippen LogP contribution in [0.4, 0.5) is 5.82 Å². The van der Waals surface area contributed by atoms with Crippen LogP contribution in [0.25, 0.3) is 0 Å². The van der Waals surface area contributed by atoms with E-state index >= 15 is 0 Å². The van der Waals surface area contributed by atoms with E-state index in [0.29, 0.717) is 34.8 Å². The van der Waals surface area contributed by atoms with Crippen LogP contribution in [0.5, 0.6) is 0 Å². The van der Waals surface area contributed by atoms with Crippen LogP contribution in [0.1, 0.15) is 55.6 Å². The summed E-state index contributed by atoms with van der Waals surface area (Å²) in [5, 5.41) is 5.12. The van der Waals surface area contributed by atoms with Crippen molar-refractivity contribution in [3.63, 3.8) is 0 Å². The number of benzene rings is 1. The molecule has 0 radical (unpaired) electrons. The van der Waals surface area contributed by atoms with Crippen molar-refractivity contribution in [2.75, 3.05) is 18.1 Å². The highest BCUT2D eigenvalue weighted by Gasteiger charge is 2.45. The van der Waals surface area contributed by atoms with Gasteiger partial charge in [-0.05, 0) is 36.5 Å². The van der Waals surface area contributed by atoms with Crippen molar-refractivity contribution in [2.24, 2.45) is 5.41 Å². The van der Waals surface area contributed by atoms with Crippen molar-refractivity contribution in [3.05, 3.63) is 57.9 Å². The van der Waals surface area contributed by atoms with Gasteiger partial charge < -0.3 is 9.64 Å². The molecule has 2 heterocycles. The maximum atomic E-state index is 13.4. The molecule has 0 fully saturated rings. The molecule has 0 saturated carbocycles. The number of Topliss-reactive ketones (excluding diaryl/α,β-unsaturated/α-hetero) is 1. The number of aromatic nitrogens is 2. The molecule has 160 valence electrons. The monoisotopic (exact) mass is 437 g/mol. The molecule has 6 nitrogen and oxygen atoms in total. The molecule has 1 aromatic carbocycles. The first kappa shape index (κ1) is 21.2. The van der Waals surface area contributed by atoms with E-state index in [4.69, 9.17) is 22.8 Å². The molecule has 0 amide bonds. The Morgan fingerprint density at radius 2 is 2.03 bits per heavy atom. The van der Waals surface area contributed by atoms with E-state index in [-0.39, 0.29) is 24.3 Å². The van der Waals surface area contributed by atoms with Crippen LogP contribution in [0.2, 0.25) is 5.02 Å². The number of nitrogens with zero attached hydrogens (tertiary/aromatic N) is 3. The third kappa shape index (κ3) is 3.64. The Morgan fingerprint density at radius 3 is 2.68 bits per heavy atom. The third-order valence-corrected chi connectivity index (χ3v) is 5.95. The van der Waals surface area contributed by atoms with Gasteiger partial charge in [-0.1, -0.05) is 43.5 Å². The fourth-order valence-electron chi connectivity index (χ4n) is 4.48. The van der Waals surface area contributed by atoms with Gasteiger partial charge in [0, 0.05) is 22.7 Å². The van der Waals surface area contributed by atoms with Gasteiger partial charge in [0.25, 0.3) is 0 Å². The second kappa shape index (κ2) is 7.90. The van der Waals surface area contributed by atoms with Gasteiger partial charge in [-0.3, -0.25) is 4.79 Å². The smallest absolute Gasteiger partial charge is 0.343 e. The maximum Gasteiger partial charge on any atom is 0.343 e. The molecule has 0 spiro atoms. The standard InChI is InChI=1S/C24H24ClN3O3/c1-5-11-27-18-12-24(3,4)13-19(29)20(18)21(15-7-9-16(25)10-8-15)28-22(27)17(14-26-28)23(30)31-6-2/h1,7-10,14,21H,6,11-13H2,2-4H3. The van der Waals surface area contributed by atoms with Crippen molar-refractivity contribution in [1.82, 2.24) is 9.78 Å². The van der Waals surface area contributed by atoms with E-state index in [1.165, 1.54) is 6.20 Å². The highest BCUT2D eigenvalue weighted by molar-refractivity contribution is 6.30. The van der Waals surface area contributed by atoms with Gasteiger partial charge in [-0.15, -0.1) is 6.42 Å². The summed E-state index contributed by atoms with van der Waals surface area (Å²) in [5.41, 5.74) is 2.49. The molecule has 2 aliphatic rings. The molecular formula is C24H24ClN3O3. The molecule has 1 unspecified atom stereocenters. The largest absolute Gasteiger partial charge is 0.462 e. The number of halogens is 1. The summed E-state index contributed by atoms with van der Waals surface area (Å²) in [6, 6.07) is 6.88. The number of esters is 1. The molecular weight excluding hydrogens is 414 g/mol. The van der Waals surface area contributed by atoms with Gasteiger partial charge in [0.05, 0.1) is 19.3 Å². The SMILES string of the molecule is C#CCN1C2=C(C(=O)CC(C)(C)C2)C(c2ccc(Cl)cc2)n2ncc(C(=O)OCC)c21. The van der Waals surface area contributed by atoms with Crippen LogP contribution in [0.15, 0.2) is 41.7 Å². The number of hydrogen-bond donors (Lipinski definition) is 0. The summed E-state index contributed by atoms with van der Waals surface area (Å²) < 4.78 is 6.97. The topological polar surface area (TPSA) is 64.4 Å². The van der Waals surface area contributed by atoms with Gasteiger partial charge in [0.1, 0.15) is 17.4 Å². The van der Waals surface area contributed by atoms with Gasteiger partial charge in [-0.25, -0.2) is 9.48 Å². The number of hydrogen-bond acceptors (Lipinski definition) is 5. The summed E-state index contributed by atoms with van der Waals surface area (Å²) >= 11 is 6.11. The zero-order valence-electron chi connectivity index (χ0n) is 17.8. The molecule has 0 bridgehead atoms. The van der Waals surface area contributed by atoms with E-state index < -0.39 is 12.0 Å². The lowest BCUT2D eigenvalue weighted by Gasteiger charge is -2.43. The van der Waals surface area contributed by atoms with Crippen LogP contribution in [0.3, 0.4) is 0 Å². The third-order valence-electron chi connectivity index (χ3n) is 5.70. The van der Waals surface area contributed by atoms with Crippen LogP contribution in [0, 0.1) is 17.8 Å². The molecule has 7 heteroatoms. The Morgan fingerprint density at radius 1 is 1.32 bits per heavy atom. The average Bonchev–Trinajstić information content (AvgIpc) is 3.14. The van der Waals surface area contributed by atoms with Gasteiger partial charge >= 0.3 is 5.97 Å². The van der Waals surface area contributed by atoms with E-state index in [0.717, 1.165) is 11.3 Å². The molecule has 0 saturated heterocycles. The first-order valence-corrected chi connectivity index (χ1v) is 10.6. The van der Waals surface area contributed by atoms with Gasteiger partial charge in [0.2, 0.25) is 0 Å². The molecule has 0 N–H and O–H groups in total. The van der Waals surface area contributed by atoms with Gasteiger partial charge in [-0.2, -0.15) is 5.10 Å². The summed E-state index contributed by atoms with van der Waals surface area (Å²) in [7, 11) is 0. The van der Waals surface area contributed by atoms with E-state index in [9.17, 15) is 9.59 Å². The van der Waals surface area contributed by atoms with Crippen LogP contribution in [-0.2, 0) is 9.53 Å². The number of terminal acetylenes is 1. The Kier molecular flexibility index (Phi) is 5.40. The Labute approximate surface area is 186 Å². The number of anilines is 1. The zero-order valence-corrected chi connectivity index (χ0v) is 18.6. The van der Waals surface area contributed by atoms with Crippen molar-refractivity contribution < 1.29 is 14.3 Å². The maximum absolute atomic E-state index is 13.4. The molecule has 2 aromatic rings. The summed E-state index contributed by atoms with van der Waals surface area (Å²) in [5.74, 6) is 2.82. The van der Waals surface area contributed by atoms with Crippen molar-refractivity contribution >= 4 is 29.2 Å². The number of allylic oxidation sites excluding steroid dienone is 2. The molecule has 1 aliphatic carbocycles. The minimum absolute atomic E-state index is 0.0621. The van der Waals surface area contributed by atoms with Crippen LogP contribution < -0.4 is 4.90 Å². The van der Waals surface area contributed by atoms with Crippen molar-refractivity contribution in [1.29, 1.82) is 0 Å². The summed E-state index contributed by atoms with van der Waals surface area (Å²) in [6.07, 6.45) is 8.28. The first-order chi connectivity index (χ1) is 14.8. The van der Waals surface area contributed by atoms with E-state index in [2.05, 4.69) is 24.9 Å². The fraction of sp³-hybridized carbons (Fsp3) is 0.375. The number of ketones is 1. The molecule has 1 aliphatic heterocycles. The lowest BCUT2D eigenvalue weighted by Crippen LogP contribution is -2.42. The predicted molar refractivity (Wildman–Crippen MR) is 119 cm³/mol. The first-order valence-electron chi connectivity index (χ1n) is 10.2. The fourth-order valence-corrected chi connectivity index (χ4v) is 4.61. The predicted octanol–water partition coefficient (Wildman–Crippen LogP) is 4.40. The van der Waals surface area contributed by atoms with E-state index in [1.807, 2.05) is 17.0 Å². The second-order valence-electron chi connectivity index (χ2n) is 8.59. The number of carbonyl (C=O) groups is 2. The Bertz CT molecular complexity index is 1120. The lowest BCUT2D eigenvalue weighted by atomic mass is 9.72. The van der Waals surface area contributed by atoms with Crippen LogP contribution in [-0.4, -0.2) is 34.7 Å². The summed E-state index contributed by atoms with van der Waals surface area (Å²) in [4.78, 5) is 28.0. The van der Waals surface area contributed by atoms with Crippen molar-refractivity contribution in [3.8, 4) is 12.3 Å². The normalized spacial score (nSPS) is 19.5. The number of rotatable bonds is 4. The van der Waals surface area contributed by atoms with Crippen molar-refractivity contribution in [2.45, 2.75) is 39.7 Å². The Balaban J connectivity index is 1.99. The minimum atomic E-state index is -0.469. The summed E-state index contributed by atoms with van der Waals surface area (Å²) in [6.45, 7) is 6.36. The van der Waals surface area contributed by atoms with E-state index in [1.54, 1.807) is 23.7 Å². The molecule has 1 aromatic heterocycles.